The molecule has 0 spiro atoms. The Bertz CT molecular complexity index is 388. The molecule has 3 nitrogen and oxygen atoms in total. The van der Waals surface area contributed by atoms with E-state index in [-0.39, 0.29) is 18.2 Å². The predicted molar refractivity (Wildman–Crippen MR) is 84.3 cm³/mol. The minimum atomic E-state index is -0.309. The lowest BCUT2D eigenvalue weighted by Crippen LogP contribution is -2.51. The molecule has 2 unspecified atom stereocenters. The van der Waals surface area contributed by atoms with Crippen molar-refractivity contribution in [1.29, 1.82) is 0 Å². The molecule has 20 heavy (non-hydrogen) atoms. The second kappa shape index (κ2) is 7.65. The largest absolute Gasteiger partial charge is 0.491 e. The van der Waals surface area contributed by atoms with Crippen LogP contribution in [-0.2, 0) is 6.42 Å². The van der Waals surface area contributed by atoms with Crippen molar-refractivity contribution in [3.63, 3.8) is 0 Å². The summed E-state index contributed by atoms with van der Waals surface area (Å²) in [6.07, 6.45) is 1.85. The van der Waals surface area contributed by atoms with Crippen molar-refractivity contribution in [3.8, 4) is 5.75 Å². The first-order valence-electron chi connectivity index (χ1n) is 7.52. The van der Waals surface area contributed by atoms with Crippen LogP contribution in [0.5, 0.6) is 5.75 Å². The fourth-order valence-electron chi connectivity index (χ4n) is 2.58. The van der Waals surface area contributed by atoms with E-state index in [1.165, 1.54) is 5.56 Å². The molecular formula is C17H29NO2. The van der Waals surface area contributed by atoms with Gasteiger partial charge in [-0.15, -0.1) is 0 Å². The van der Waals surface area contributed by atoms with E-state index in [9.17, 15) is 5.11 Å². The number of hydrogen-bond acceptors (Lipinski definition) is 3. The van der Waals surface area contributed by atoms with Crippen LogP contribution < -0.4 is 10.1 Å². The van der Waals surface area contributed by atoms with Gasteiger partial charge in [-0.2, -0.15) is 0 Å². The van der Waals surface area contributed by atoms with Crippen LogP contribution in [0.4, 0.5) is 0 Å². The molecule has 3 heteroatoms. The molecule has 0 amide bonds. The van der Waals surface area contributed by atoms with Crippen LogP contribution in [-0.4, -0.2) is 29.4 Å². The second-order valence-corrected chi connectivity index (χ2v) is 6.15. The van der Waals surface area contributed by atoms with Crippen molar-refractivity contribution in [2.24, 2.45) is 0 Å². The minimum absolute atomic E-state index is 0.0471. The Morgan fingerprint density at radius 3 is 2.25 bits per heavy atom. The normalized spacial score (nSPS) is 15.9. The van der Waals surface area contributed by atoms with Gasteiger partial charge in [0.1, 0.15) is 5.75 Å². The van der Waals surface area contributed by atoms with Crippen molar-refractivity contribution in [1.82, 2.24) is 5.32 Å². The van der Waals surface area contributed by atoms with Crippen molar-refractivity contribution in [2.45, 2.75) is 65.1 Å². The molecule has 0 saturated carbocycles. The number of aliphatic hydroxyl groups is 1. The maximum atomic E-state index is 9.60. The molecule has 0 fully saturated rings. The Labute approximate surface area is 123 Å². The van der Waals surface area contributed by atoms with Crippen LogP contribution in [0.1, 0.15) is 46.6 Å². The molecule has 2 atom stereocenters. The van der Waals surface area contributed by atoms with Gasteiger partial charge in [-0.25, -0.2) is 0 Å². The fourth-order valence-corrected chi connectivity index (χ4v) is 2.58. The molecule has 114 valence electrons. The summed E-state index contributed by atoms with van der Waals surface area (Å²) in [6, 6.07) is 8.56. The SMILES string of the molecule is CCc1ccc(OC(C)CC(C)(CO)NC(C)C)cc1. The number of rotatable bonds is 8. The molecule has 0 aliphatic rings. The Morgan fingerprint density at radius 1 is 1.20 bits per heavy atom. The first-order chi connectivity index (χ1) is 9.38. The first kappa shape index (κ1) is 17.0. The van der Waals surface area contributed by atoms with Gasteiger partial charge in [0.05, 0.1) is 12.7 Å². The lowest BCUT2D eigenvalue weighted by molar-refractivity contribution is 0.104. The van der Waals surface area contributed by atoms with Gasteiger partial charge in [-0.05, 0) is 38.0 Å². The quantitative estimate of drug-likeness (QED) is 0.768. The van der Waals surface area contributed by atoms with Crippen molar-refractivity contribution in [3.05, 3.63) is 29.8 Å². The van der Waals surface area contributed by atoms with Crippen LogP contribution in [0.15, 0.2) is 24.3 Å². The van der Waals surface area contributed by atoms with E-state index < -0.39 is 0 Å². The highest BCUT2D eigenvalue weighted by Crippen LogP contribution is 2.19. The number of benzene rings is 1. The van der Waals surface area contributed by atoms with Gasteiger partial charge in [0.25, 0.3) is 0 Å². The average Bonchev–Trinajstić information content (AvgIpc) is 2.38. The van der Waals surface area contributed by atoms with Crippen LogP contribution in [0.25, 0.3) is 0 Å². The third-order valence-electron chi connectivity index (χ3n) is 3.39. The summed E-state index contributed by atoms with van der Waals surface area (Å²) >= 11 is 0. The highest BCUT2D eigenvalue weighted by Gasteiger charge is 2.27. The first-order valence-corrected chi connectivity index (χ1v) is 7.52. The van der Waals surface area contributed by atoms with E-state index in [0.29, 0.717) is 6.04 Å². The molecular weight excluding hydrogens is 250 g/mol. The lowest BCUT2D eigenvalue weighted by atomic mass is 9.94. The lowest BCUT2D eigenvalue weighted by Gasteiger charge is -2.33. The van der Waals surface area contributed by atoms with Gasteiger partial charge < -0.3 is 15.2 Å². The van der Waals surface area contributed by atoms with Crippen molar-refractivity contribution >= 4 is 0 Å². The summed E-state index contributed by atoms with van der Waals surface area (Å²) in [4.78, 5) is 0. The summed E-state index contributed by atoms with van der Waals surface area (Å²) in [5, 5.41) is 13.0. The number of aryl methyl sites for hydroxylation is 1. The highest BCUT2D eigenvalue weighted by atomic mass is 16.5. The summed E-state index contributed by atoms with van der Waals surface area (Å²) in [5.41, 5.74) is 1.00. The Balaban J connectivity index is 2.58. The van der Waals surface area contributed by atoms with E-state index in [1.807, 2.05) is 26.0 Å². The van der Waals surface area contributed by atoms with E-state index in [2.05, 4.69) is 38.2 Å². The molecule has 0 aromatic heterocycles. The maximum Gasteiger partial charge on any atom is 0.119 e. The summed E-state index contributed by atoms with van der Waals surface area (Å²) < 4.78 is 5.94. The summed E-state index contributed by atoms with van der Waals surface area (Å²) in [5.74, 6) is 0.888. The zero-order chi connectivity index (χ0) is 15.2. The molecule has 0 heterocycles. The second-order valence-electron chi connectivity index (χ2n) is 6.15. The topological polar surface area (TPSA) is 41.5 Å². The van der Waals surface area contributed by atoms with E-state index >= 15 is 0 Å². The number of hydrogen-bond donors (Lipinski definition) is 2. The van der Waals surface area contributed by atoms with Gasteiger partial charge >= 0.3 is 0 Å². The summed E-state index contributed by atoms with van der Waals surface area (Å²) in [7, 11) is 0. The van der Waals surface area contributed by atoms with Gasteiger partial charge in [0.15, 0.2) is 0 Å². The smallest absolute Gasteiger partial charge is 0.119 e. The predicted octanol–water partition coefficient (Wildman–Crippen LogP) is 3.16. The molecule has 0 radical (unpaired) electrons. The van der Waals surface area contributed by atoms with Gasteiger partial charge in [0, 0.05) is 18.0 Å². The van der Waals surface area contributed by atoms with Crippen LogP contribution in [0.3, 0.4) is 0 Å². The molecule has 2 N–H and O–H groups in total. The molecule has 0 bridgehead atoms. The molecule has 0 aliphatic heterocycles. The third-order valence-corrected chi connectivity index (χ3v) is 3.39. The molecule has 1 aromatic rings. The van der Waals surface area contributed by atoms with Crippen LogP contribution in [0, 0.1) is 0 Å². The Kier molecular flexibility index (Phi) is 6.50. The van der Waals surface area contributed by atoms with Gasteiger partial charge in [0.2, 0.25) is 0 Å². The average molecular weight is 279 g/mol. The Hall–Kier alpha value is -1.06. The Morgan fingerprint density at radius 2 is 1.80 bits per heavy atom. The number of ether oxygens (including phenoxy) is 1. The molecule has 0 aliphatic carbocycles. The highest BCUT2D eigenvalue weighted by molar-refractivity contribution is 5.27. The minimum Gasteiger partial charge on any atom is -0.491 e. The van der Waals surface area contributed by atoms with Gasteiger partial charge in [-0.1, -0.05) is 32.9 Å². The van der Waals surface area contributed by atoms with Gasteiger partial charge in [-0.3, -0.25) is 0 Å². The standard InChI is InChI=1S/C17H29NO2/c1-6-15-7-9-16(10-8-15)20-14(4)11-17(5,12-19)18-13(2)3/h7-10,13-14,18-19H,6,11-12H2,1-5H3. The number of aliphatic hydroxyl groups excluding tert-OH is 1. The van der Waals surface area contributed by atoms with Crippen molar-refractivity contribution in [2.75, 3.05) is 6.61 Å². The molecule has 1 rings (SSSR count). The third kappa shape index (κ3) is 5.51. The van der Waals surface area contributed by atoms with E-state index in [4.69, 9.17) is 4.74 Å². The zero-order valence-electron chi connectivity index (χ0n) is 13.4. The molecule has 0 saturated heterocycles. The zero-order valence-corrected chi connectivity index (χ0v) is 13.4. The van der Waals surface area contributed by atoms with E-state index in [1.54, 1.807) is 0 Å². The van der Waals surface area contributed by atoms with Crippen LogP contribution >= 0.6 is 0 Å². The van der Waals surface area contributed by atoms with Crippen LogP contribution in [0.2, 0.25) is 0 Å². The molecule has 1 aromatic carbocycles. The maximum absolute atomic E-state index is 9.60. The summed E-state index contributed by atoms with van der Waals surface area (Å²) in [6.45, 7) is 10.5. The van der Waals surface area contributed by atoms with Crippen molar-refractivity contribution < 1.29 is 9.84 Å². The monoisotopic (exact) mass is 279 g/mol. The van der Waals surface area contributed by atoms with E-state index in [0.717, 1.165) is 18.6 Å². The number of nitrogens with one attached hydrogen (secondary N) is 1. The fraction of sp³-hybridized carbons (Fsp3) is 0.647.